The van der Waals surface area contributed by atoms with Crippen molar-refractivity contribution in [2.24, 2.45) is 0 Å². The predicted octanol–water partition coefficient (Wildman–Crippen LogP) is 2.70. The van der Waals surface area contributed by atoms with E-state index in [2.05, 4.69) is 5.32 Å². The molecule has 0 fully saturated rings. The van der Waals surface area contributed by atoms with E-state index in [1.807, 2.05) is 6.07 Å². The van der Waals surface area contributed by atoms with Crippen LogP contribution < -0.4 is 10.1 Å². The highest BCUT2D eigenvalue weighted by atomic mass is 19.1. The molecule has 1 amide bonds. The molecule has 0 aromatic heterocycles. The lowest BCUT2D eigenvalue weighted by Gasteiger charge is -2.43. The first-order valence-electron chi connectivity index (χ1n) is 7.79. The molecular weight excluding hydrogens is 323 g/mol. The molecule has 1 aliphatic heterocycles. The van der Waals surface area contributed by atoms with Crippen molar-refractivity contribution in [2.45, 2.75) is 31.6 Å². The van der Waals surface area contributed by atoms with Gasteiger partial charge in [-0.3, -0.25) is 4.79 Å². The minimum Gasteiger partial charge on any atom is -0.485 e. The van der Waals surface area contributed by atoms with Crippen LogP contribution in [0.15, 0.2) is 42.5 Å². The Morgan fingerprint density at radius 2 is 1.96 bits per heavy atom. The number of hydrogen-bond acceptors (Lipinski definition) is 4. The van der Waals surface area contributed by atoms with Gasteiger partial charge in [-0.2, -0.15) is 5.26 Å². The van der Waals surface area contributed by atoms with Crippen LogP contribution in [0.25, 0.3) is 0 Å². The van der Waals surface area contributed by atoms with Gasteiger partial charge in [-0.15, -0.1) is 0 Å². The first-order valence-corrected chi connectivity index (χ1v) is 7.79. The fraction of sp³-hybridized carbons (Fsp3) is 0.263. The van der Waals surface area contributed by atoms with E-state index in [9.17, 15) is 14.3 Å². The second-order valence-electron chi connectivity index (χ2n) is 6.47. The third-order valence-electron chi connectivity index (χ3n) is 4.29. The molecule has 25 heavy (non-hydrogen) atoms. The molecule has 0 unspecified atom stereocenters. The van der Waals surface area contributed by atoms with Crippen LogP contribution in [-0.4, -0.2) is 22.7 Å². The maximum Gasteiger partial charge on any atom is 0.251 e. The number of rotatable bonds is 2. The van der Waals surface area contributed by atoms with Crippen LogP contribution in [-0.2, 0) is 0 Å². The molecule has 2 atom stereocenters. The van der Waals surface area contributed by atoms with Crippen LogP contribution in [0.2, 0.25) is 0 Å². The van der Waals surface area contributed by atoms with Gasteiger partial charge in [0.15, 0.2) is 0 Å². The summed E-state index contributed by atoms with van der Waals surface area (Å²) in [5.41, 5.74) is 0.240. The Hall–Kier alpha value is -2.91. The highest BCUT2D eigenvalue weighted by Gasteiger charge is 2.44. The van der Waals surface area contributed by atoms with E-state index in [0.717, 1.165) is 0 Å². The van der Waals surface area contributed by atoms with E-state index >= 15 is 0 Å². The summed E-state index contributed by atoms with van der Waals surface area (Å²) in [5.74, 6) is -0.403. The van der Waals surface area contributed by atoms with E-state index in [0.29, 0.717) is 16.9 Å². The number of nitrogens with zero attached hydrogens (tertiary/aromatic N) is 1. The summed E-state index contributed by atoms with van der Waals surface area (Å²) < 4.78 is 18.9. The minimum atomic E-state index is -1.04. The summed E-state index contributed by atoms with van der Waals surface area (Å²) in [6.45, 7) is 3.51. The van der Waals surface area contributed by atoms with Gasteiger partial charge in [0.25, 0.3) is 5.91 Å². The summed E-state index contributed by atoms with van der Waals surface area (Å²) in [6.07, 6.45) is -1.04. The van der Waals surface area contributed by atoms with Gasteiger partial charge in [-0.05, 0) is 56.3 Å². The number of ether oxygens (including phenoxy) is 1. The van der Waals surface area contributed by atoms with Gasteiger partial charge in [0, 0.05) is 11.1 Å². The molecule has 0 radical (unpaired) electrons. The number of aliphatic hydroxyl groups excluding tert-OH is 1. The first-order chi connectivity index (χ1) is 11.8. The molecule has 0 bridgehead atoms. The number of nitrogens with one attached hydrogen (secondary N) is 1. The molecule has 5 nitrogen and oxygen atoms in total. The molecular formula is C19H17FN2O3. The van der Waals surface area contributed by atoms with Crippen LogP contribution in [0.4, 0.5) is 4.39 Å². The predicted molar refractivity (Wildman–Crippen MR) is 88.5 cm³/mol. The molecule has 3 rings (SSSR count). The van der Waals surface area contributed by atoms with Crippen molar-refractivity contribution < 1.29 is 19.0 Å². The van der Waals surface area contributed by atoms with Gasteiger partial charge in [0.05, 0.1) is 17.7 Å². The number of carbonyl (C=O) groups excluding carboxylic acids is 1. The SMILES string of the molecule is CC1(C)Oc2ccc(C#N)cc2[C@@H](O)[C@@H]1NC(=O)c1ccc(F)cc1. The van der Waals surface area contributed by atoms with Crippen molar-refractivity contribution in [1.29, 1.82) is 5.26 Å². The summed E-state index contributed by atoms with van der Waals surface area (Å²) in [4.78, 5) is 12.4. The normalized spacial score (nSPS) is 20.8. The van der Waals surface area contributed by atoms with E-state index in [1.165, 1.54) is 24.3 Å². The Morgan fingerprint density at radius 1 is 1.28 bits per heavy atom. The molecule has 0 spiro atoms. The molecule has 1 heterocycles. The first kappa shape index (κ1) is 16.9. The Balaban J connectivity index is 1.90. The van der Waals surface area contributed by atoms with Crippen molar-refractivity contribution >= 4 is 5.91 Å². The minimum absolute atomic E-state index is 0.279. The number of fused-ring (bicyclic) bond motifs is 1. The summed E-state index contributed by atoms with van der Waals surface area (Å²) in [5, 5.41) is 22.5. The zero-order valence-electron chi connectivity index (χ0n) is 13.8. The van der Waals surface area contributed by atoms with Crippen LogP contribution in [0.1, 0.15) is 41.4 Å². The number of carbonyl (C=O) groups is 1. The van der Waals surface area contributed by atoms with Crippen LogP contribution in [0.3, 0.4) is 0 Å². The number of hydrogen-bond donors (Lipinski definition) is 2. The molecule has 2 N–H and O–H groups in total. The topological polar surface area (TPSA) is 82.3 Å². The molecule has 6 heteroatoms. The monoisotopic (exact) mass is 340 g/mol. The summed E-state index contributed by atoms with van der Waals surface area (Å²) in [7, 11) is 0. The fourth-order valence-electron chi connectivity index (χ4n) is 2.93. The molecule has 2 aromatic carbocycles. The number of halogens is 1. The van der Waals surface area contributed by atoms with E-state index < -0.39 is 29.5 Å². The van der Waals surface area contributed by atoms with Gasteiger partial charge in [-0.25, -0.2) is 4.39 Å². The lowest BCUT2D eigenvalue weighted by Crippen LogP contribution is -2.57. The van der Waals surface area contributed by atoms with Gasteiger partial charge < -0.3 is 15.2 Å². The Labute approximate surface area is 144 Å². The smallest absolute Gasteiger partial charge is 0.251 e. The van der Waals surface area contributed by atoms with Gasteiger partial charge >= 0.3 is 0 Å². The average molecular weight is 340 g/mol. The average Bonchev–Trinajstić information content (AvgIpc) is 2.58. The van der Waals surface area contributed by atoms with Crippen molar-refractivity contribution in [1.82, 2.24) is 5.32 Å². The number of benzene rings is 2. The molecule has 0 saturated heterocycles. The van der Waals surface area contributed by atoms with Crippen molar-refractivity contribution in [3.05, 3.63) is 65.0 Å². The quantitative estimate of drug-likeness (QED) is 0.881. The van der Waals surface area contributed by atoms with Gasteiger partial charge in [0.2, 0.25) is 0 Å². The molecule has 0 aliphatic carbocycles. The lowest BCUT2D eigenvalue weighted by atomic mass is 9.85. The zero-order chi connectivity index (χ0) is 18.2. The number of nitriles is 1. The Kier molecular flexibility index (Phi) is 4.19. The van der Waals surface area contributed by atoms with Gasteiger partial charge in [-0.1, -0.05) is 0 Å². The highest BCUT2D eigenvalue weighted by Crippen LogP contribution is 2.40. The Morgan fingerprint density at radius 3 is 2.60 bits per heavy atom. The zero-order valence-corrected chi connectivity index (χ0v) is 13.8. The number of aliphatic hydroxyl groups is 1. The summed E-state index contributed by atoms with van der Waals surface area (Å²) >= 11 is 0. The molecule has 0 saturated carbocycles. The molecule has 1 aliphatic rings. The maximum absolute atomic E-state index is 13.0. The second kappa shape index (κ2) is 6.19. The fourth-order valence-corrected chi connectivity index (χ4v) is 2.93. The molecule has 2 aromatic rings. The van der Waals surface area contributed by atoms with E-state index in [4.69, 9.17) is 10.00 Å². The van der Waals surface area contributed by atoms with Crippen molar-refractivity contribution in [3.63, 3.8) is 0 Å². The third kappa shape index (κ3) is 3.19. The van der Waals surface area contributed by atoms with Crippen LogP contribution in [0, 0.1) is 17.1 Å². The van der Waals surface area contributed by atoms with Crippen molar-refractivity contribution in [2.75, 3.05) is 0 Å². The standard InChI is InChI=1S/C19H17FN2O3/c1-19(2)17(22-18(24)12-4-6-13(20)7-5-12)16(23)14-9-11(10-21)3-8-15(14)25-19/h3-9,16-17,23H,1-2H3,(H,22,24)/t16-,17+/m1/s1. The second-order valence-corrected chi connectivity index (χ2v) is 6.47. The van der Waals surface area contributed by atoms with Crippen LogP contribution >= 0.6 is 0 Å². The highest BCUT2D eigenvalue weighted by molar-refractivity contribution is 5.94. The molecule has 128 valence electrons. The van der Waals surface area contributed by atoms with E-state index in [1.54, 1.807) is 32.0 Å². The van der Waals surface area contributed by atoms with E-state index in [-0.39, 0.29) is 5.56 Å². The Bertz CT molecular complexity index is 856. The van der Waals surface area contributed by atoms with Gasteiger partial charge in [0.1, 0.15) is 23.3 Å². The summed E-state index contributed by atoms with van der Waals surface area (Å²) in [6, 6.07) is 11.2. The third-order valence-corrected chi connectivity index (χ3v) is 4.29. The maximum atomic E-state index is 13.0. The van der Waals surface area contributed by atoms with Crippen LogP contribution in [0.5, 0.6) is 5.75 Å². The van der Waals surface area contributed by atoms with Crippen molar-refractivity contribution in [3.8, 4) is 11.8 Å². The largest absolute Gasteiger partial charge is 0.485 e. The number of amides is 1. The lowest BCUT2D eigenvalue weighted by molar-refractivity contribution is -0.0253.